The van der Waals surface area contributed by atoms with Crippen molar-refractivity contribution in [1.29, 1.82) is 0 Å². The van der Waals surface area contributed by atoms with Crippen LogP contribution in [0.25, 0.3) is 0 Å². The Morgan fingerprint density at radius 3 is 2.89 bits per heavy atom. The van der Waals surface area contributed by atoms with E-state index in [-0.39, 0.29) is 28.9 Å². The van der Waals surface area contributed by atoms with Gasteiger partial charge in [-0.25, -0.2) is 13.4 Å². The van der Waals surface area contributed by atoms with Crippen molar-refractivity contribution in [3.63, 3.8) is 0 Å². The van der Waals surface area contributed by atoms with E-state index in [2.05, 4.69) is 10.3 Å². The first kappa shape index (κ1) is 18.9. The molecule has 0 radical (unpaired) electrons. The first-order chi connectivity index (χ1) is 12.9. The van der Waals surface area contributed by atoms with Gasteiger partial charge >= 0.3 is 0 Å². The summed E-state index contributed by atoms with van der Waals surface area (Å²) in [6.07, 6.45) is 6.81. The highest BCUT2D eigenvalue weighted by molar-refractivity contribution is 7.91. The van der Waals surface area contributed by atoms with Gasteiger partial charge in [-0.2, -0.15) is 0 Å². The molecule has 3 fully saturated rings. The van der Waals surface area contributed by atoms with Crippen molar-refractivity contribution in [3.05, 3.63) is 18.2 Å². The number of hydrogen-bond donors (Lipinski definition) is 1. The van der Waals surface area contributed by atoms with Gasteiger partial charge in [-0.3, -0.25) is 4.79 Å². The largest absolute Gasteiger partial charge is 0.379 e. The number of sulfone groups is 1. The van der Waals surface area contributed by atoms with Gasteiger partial charge in [0.2, 0.25) is 5.91 Å². The van der Waals surface area contributed by atoms with Crippen molar-refractivity contribution in [2.45, 2.75) is 31.8 Å². The molecule has 8 nitrogen and oxygen atoms in total. The number of nitrogens with zero attached hydrogens (tertiary/aromatic N) is 3. The van der Waals surface area contributed by atoms with Crippen LogP contribution in [-0.4, -0.2) is 72.6 Å². The molecule has 1 N–H and O–H groups in total. The fourth-order valence-corrected chi connectivity index (χ4v) is 6.43. The first-order valence-electron chi connectivity index (χ1n) is 9.63. The van der Waals surface area contributed by atoms with Crippen molar-refractivity contribution in [3.8, 4) is 0 Å². The molecule has 4 rings (SSSR count). The zero-order chi connectivity index (χ0) is 19.1. The van der Waals surface area contributed by atoms with Crippen LogP contribution in [0.2, 0.25) is 0 Å². The number of nitrogens with one attached hydrogen (secondary N) is 1. The van der Waals surface area contributed by atoms with Crippen LogP contribution in [0.4, 0.5) is 0 Å². The third-order valence-corrected chi connectivity index (χ3v) is 8.03. The Kier molecular flexibility index (Phi) is 5.02. The summed E-state index contributed by atoms with van der Waals surface area (Å²) in [5, 5.41) is 3.30. The normalized spacial score (nSPS) is 29.4. The quantitative estimate of drug-likeness (QED) is 0.767. The molecule has 1 aliphatic carbocycles. The molecule has 0 unspecified atom stereocenters. The third-order valence-electron chi connectivity index (χ3n) is 6.30. The van der Waals surface area contributed by atoms with Crippen LogP contribution in [0.3, 0.4) is 0 Å². The fourth-order valence-electron chi connectivity index (χ4n) is 4.48. The maximum Gasteiger partial charge on any atom is 0.228 e. The van der Waals surface area contributed by atoms with E-state index < -0.39 is 15.8 Å². The molecule has 1 amide bonds. The minimum atomic E-state index is -3.22. The number of ether oxygens (including phenoxy) is 1. The van der Waals surface area contributed by atoms with Crippen LogP contribution in [-0.2, 0) is 33.0 Å². The second-order valence-electron chi connectivity index (χ2n) is 8.33. The van der Waals surface area contributed by atoms with Crippen molar-refractivity contribution in [1.82, 2.24) is 19.8 Å². The monoisotopic (exact) mass is 396 g/mol. The SMILES string of the molecule is Cn1cncc1CN[C@@H]1CS(=O)(=O)C[C@H]1C(=O)N1CCOCC2(CCC2)C1. The van der Waals surface area contributed by atoms with Gasteiger partial charge in [0.25, 0.3) is 0 Å². The average Bonchev–Trinajstić information content (AvgIpc) is 3.03. The first-order valence-corrected chi connectivity index (χ1v) is 11.5. The third kappa shape index (κ3) is 3.90. The molecule has 1 aromatic rings. The highest BCUT2D eigenvalue weighted by Crippen LogP contribution is 2.43. The second-order valence-corrected chi connectivity index (χ2v) is 10.5. The molecule has 1 spiro atoms. The number of amides is 1. The maximum atomic E-state index is 13.3. The molecule has 2 aliphatic heterocycles. The van der Waals surface area contributed by atoms with E-state index in [9.17, 15) is 13.2 Å². The van der Waals surface area contributed by atoms with E-state index in [0.717, 1.165) is 18.5 Å². The summed E-state index contributed by atoms with van der Waals surface area (Å²) >= 11 is 0. The Balaban J connectivity index is 1.47. The van der Waals surface area contributed by atoms with Gasteiger partial charge in [0.05, 0.1) is 42.7 Å². The van der Waals surface area contributed by atoms with Crippen molar-refractivity contribution in [2.75, 3.05) is 37.8 Å². The lowest BCUT2D eigenvalue weighted by Crippen LogP contribution is -2.50. The molecule has 0 bridgehead atoms. The Labute approximate surface area is 160 Å². The highest BCUT2D eigenvalue weighted by atomic mass is 32.2. The zero-order valence-corrected chi connectivity index (χ0v) is 16.6. The van der Waals surface area contributed by atoms with Gasteiger partial charge < -0.3 is 19.5 Å². The minimum absolute atomic E-state index is 0.0107. The van der Waals surface area contributed by atoms with Gasteiger partial charge in [0, 0.05) is 44.3 Å². The van der Waals surface area contributed by atoms with Crippen molar-refractivity contribution in [2.24, 2.45) is 18.4 Å². The minimum Gasteiger partial charge on any atom is -0.379 e. The van der Waals surface area contributed by atoms with Crippen LogP contribution < -0.4 is 5.32 Å². The van der Waals surface area contributed by atoms with E-state index in [1.807, 2.05) is 16.5 Å². The molecule has 3 heterocycles. The topological polar surface area (TPSA) is 93.5 Å². The summed E-state index contributed by atoms with van der Waals surface area (Å²) in [5.41, 5.74) is 1.04. The molecule has 27 heavy (non-hydrogen) atoms. The maximum absolute atomic E-state index is 13.3. The molecule has 2 atom stereocenters. The van der Waals surface area contributed by atoms with E-state index in [4.69, 9.17) is 4.74 Å². The predicted octanol–water partition coefficient (Wildman–Crippen LogP) is -0.0480. The summed E-state index contributed by atoms with van der Waals surface area (Å²) in [4.78, 5) is 19.2. The molecule has 9 heteroatoms. The summed E-state index contributed by atoms with van der Waals surface area (Å²) < 4.78 is 32.2. The second kappa shape index (κ2) is 7.18. The Bertz CT molecular complexity index is 802. The lowest BCUT2D eigenvalue weighted by molar-refractivity contribution is -0.137. The molecular weight excluding hydrogens is 368 g/mol. The number of carbonyl (C=O) groups is 1. The number of aryl methyl sites for hydroxylation is 1. The smallest absolute Gasteiger partial charge is 0.228 e. The summed E-state index contributed by atoms with van der Waals surface area (Å²) in [6.45, 7) is 2.97. The molecule has 3 aliphatic rings. The van der Waals surface area contributed by atoms with Crippen LogP contribution in [0.1, 0.15) is 25.0 Å². The van der Waals surface area contributed by atoms with E-state index >= 15 is 0 Å². The van der Waals surface area contributed by atoms with Crippen LogP contribution >= 0.6 is 0 Å². The summed E-state index contributed by atoms with van der Waals surface area (Å²) in [6, 6.07) is -0.362. The number of hydrogen-bond acceptors (Lipinski definition) is 6. The Morgan fingerprint density at radius 1 is 1.41 bits per heavy atom. The Hall–Kier alpha value is -1.45. The van der Waals surface area contributed by atoms with Gasteiger partial charge in [0.1, 0.15) is 0 Å². The predicted molar refractivity (Wildman–Crippen MR) is 99.7 cm³/mol. The van der Waals surface area contributed by atoms with Crippen molar-refractivity contribution >= 4 is 15.7 Å². The van der Waals surface area contributed by atoms with Gasteiger partial charge in [-0.15, -0.1) is 0 Å². The summed E-state index contributed by atoms with van der Waals surface area (Å²) in [5.74, 6) is -0.635. The molecule has 2 saturated heterocycles. The summed E-state index contributed by atoms with van der Waals surface area (Å²) in [7, 11) is -1.33. The van der Waals surface area contributed by atoms with Crippen LogP contribution in [0.5, 0.6) is 0 Å². The number of imidazole rings is 1. The molecular formula is C18H28N4O4S. The fraction of sp³-hybridized carbons (Fsp3) is 0.778. The number of rotatable bonds is 4. The van der Waals surface area contributed by atoms with Gasteiger partial charge in [-0.1, -0.05) is 6.42 Å². The van der Waals surface area contributed by atoms with E-state index in [1.54, 1.807) is 12.5 Å². The molecule has 1 aromatic heterocycles. The van der Waals surface area contributed by atoms with Gasteiger partial charge in [-0.05, 0) is 12.8 Å². The number of aromatic nitrogens is 2. The van der Waals surface area contributed by atoms with E-state index in [1.165, 1.54) is 6.42 Å². The van der Waals surface area contributed by atoms with Crippen LogP contribution in [0, 0.1) is 11.3 Å². The molecule has 1 saturated carbocycles. The highest BCUT2D eigenvalue weighted by Gasteiger charge is 2.46. The van der Waals surface area contributed by atoms with Gasteiger partial charge in [0.15, 0.2) is 9.84 Å². The molecule has 0 aromatic carbocycles. The zero-order valence-electron chi connectivity index (χ0n) is 15.8. The van der Waals surface area contributed by atoms with E-state index in [0.29, 0.717) is 32.8 Å². The van der Waals surface area contributed by atoms with Crippen molar-refractivity contribution < 1.29 is 17.9 Å². The lowest BCUT2D eigenvalue weighted by atomic mass is 9.69. The standard InChI is InChI=1S/C18H28N4O4S/c1-21-13-19-7-14(21)8-20-16-10-27(24,25)9-15(16)17(23)22-5-6-26-12-18(11-22)3-2-4-18/h7,13,15-16,20H,2-6,8-12H2,1H3/t15-,16-/m1/s1. The molecule has 150 valence electrons. The van der Waals surface area contributed by atoms with Crippen LogP contribution in [0.15, 0.2) is 12.5 Å². The Morgan fingerprint density at radius 2 is 2.22 bits per heavy atom. The average molecular weight is 397 g/mol. The lowest BCUT2D eigenvalue weighted by Gasteiger charge is -2.43. The number of carbonyl (C=O) groups excluding carboxylic acids is 1.